The van der Waals surface area contributed by atoms with E-state index in [2.05, 4.69) is 30.1 Å². The molecule has 166 valence electrons. The van der Waals surface area contributed by atoms with Crippen LogP contribution in [0.5, 0.6) is 0 Å². The third-order valence-corrected chi connectivity index (χ3v) is 5.86. The van der Waals surface area contributed by atoms with E-state index in [9.17, 15) is 15.0 Å². The maximum absolute atomic E-state index is 12.5. The molecule has 0 fully saturated rings. The van der Waals surface area contributed by atoms with E-state index in [0.717, 1.165) is 19.3 Å². The Morgan fingerprint density at radius 1 is 1.30 bits per heavy atom. The van der Waals surface area contributed by atoms with Crippen molar-refractivity contribution < 1.29 is 15.0 Å². The van der Waals surface area contributed by atoms with Crippen LogP contribution in [0.4, 0.5) is 0 Å². The number of aliphatic hydroxyl groups is 2. The standard InChI is InChI=1S/C25H38N2O3/c1-4-8-21(26)25(30)27-22(24(29)23(28)15-17(2)3)16-18-11-13-20(14-12-18)19-9-6-5-7-10-19/h4-7,9-10,13,17-18,21-24,28-29H,1,8,11-12,14-16,26H2,2-3H3,(H,27,30)/t18?,21-,22-,23-,24+/m0/s1. The van der Waals surface area contributed by atoms with Crippen LogP contribution in [0.2, 0.25) is 0 Å². The van der Waals surface area contributed by atoms with Crippen LogP contribution in [0.1, 0.15) is 57.9 Å². The molecular weight excluding hydrogens is 376 g/mol. The molecular formula is C25H38N2O3. The normalized spacial score (nSPS) is 20.7. The molecule has 0 aromatic heterocycles. The number of benzene rings is 1. The Morgan fingerprint density at radius 3 is 2.57 bits per heavy atom. The summed E-state index contributed by atoms with van der Waals surface area (Å²) in [4.78, 5) is 12.5. The maximum atomic E-state index is 12.5. The van der Waals surface area contributed by atoms with Gasteiger partial charge in [0.05, 0.1) is 18.2 Å². The van der Waals surface area contributed by atoms with Gasteiger partial charge in [-0.3, -0.25) is 4.79 Å². The fourth-order valence-electron chi connectivity index (χ4n) is 4.13. The summed E-state index contributed by atoms with van der Waals surface area (Å²) in [5.41, 5.74) is 8.51. The van der Waals surface area contributed by atoms with Crippen LogP contribution in [0, 0.1) is 11.8 Å². The Hall–Kier alpha value is -1.95. The van der Waals surface area contributed by atoms with Gasteiger partial charge in [-0.1, -0.05) is 56.3 Å². The van der Waals surface area contributed by atoms with E-state index in [-0.39, 0.29) is 11.8 Å². The zero-order valence-corrected chi connectivity index (χ0v) is 18.3. The molecule has 0 bridgehead atoms. The highest BCUT2D eigenvalue weighted by Gasteiger charge is 2.32. The van der Waals surface area contributed by atoms with Gasteiger partial charge in [0.15, 0.2) is 0 Å². The first kappa shape index (κ1) is 24.3. The maximum Gasteiger partial charge on any atom is 0.237 e. The van der Waals surface area contributed by atoms with Crippen molar-refractivity contribution in [1.29, 1.82) is 0 Å². The Labute approximate surface area is 181 Å². The molecule has 5 heteroatoms. The van der Waals surface area contributed by atoms with E-state index in [0.29, 0.717) is 25.2 Å². The van der Waals surface area contributed by atoms with Crippen LogP contribution >= 0.6 is 0 Å². The summed E-state index contributed by atoms with van der Waals surface area (Å²) in [5.74, 6) is 0.270. The van der Waals surface area contributed by atoms with Gasteiger partial charge in [0.25, 0.3) is 0 Å². The fourth-order valence-corrected chi connectivity index (χ4v) is 4.13. The predicted octanol–water partition coefficient (Wildman–Crippen LogP) is 3.42. The zero-order chi connectivity index (χ0) is 22.1. The number of aliphatic hydroxyl groups excluding tert-OH is 2. The highest BCUT2D eigenvalue weighted by atomic mass is 16.3. The minimum Gasteiger partial charge on any atom is -0.390 e. The van der Waals surface area contributed by atoms with Crippen LogP contribution in [0.15, 0.2) is 49.1 Å². The first-order valence-corrected chi connectivity index (χ1v) is 11.1. The summed E-state index contributed by atoms with van der Waals surface area (Å²) in [6.07, 6.45) is 6.28. The molecule has 1 aromatic rings. The zero-order valence-electron chi connectivity index (χ0n) is 18.3. The van der Waals surface area contributed by atoms with E-state index in [1.54, 1.807) is 6.08 Å². The van der Waals surface area contributed by atoms with Gasteiger partial charge in [0.2, 0.25) is 5.91 Å². The molecule has 0 aliphatic heterocycles. The number of carbonyl (C=O) groups excluding carboxylic acids is 1. The Morgan fingerprint density at radius 2 is 2.00 bits per heavy atom. The van der Waals surface area contributed by atoms with Crippen molar-refractivity contribution >= 4 is 11.5 Å². The average molecular weight is 415 g/mol. The molecule has 1 aromatic carbocycles. The summed E-state index contributed by atoms with van der Waals surface area (Å²) in [6, 6.07) is 9.14. The number of carbonyl (C=O) groups is 1. The van der Waals surface area contributed by atoms with Gasteiger partial charge in [-0.15, -0.1) is 6.58 Å². The van der Waals surface area contributed by atoms with E-state index < -0.39 is 24.3 Å². The second-order valence-electron chi connectivity index (χ2n) is 8.90. The van der Waals surface area contributed by atoms with E-state index in [1.165, 1.54) is 11.1 Å². The molecule has 1 amide bonds. The molecule has 1 aliphatic carbocycles. The molecule has 5 N–H and O–H groups in total. The van der Waals surface area contributed by atoms with Gasteiger partial charge in [-0.25, -0.2) is 0 Å². The average Bonchev–Trinajstić information content (AvgIpc) is 2.73. The minimum atomic E-state index is -1.02. The van der Waals surface area contributed by atoms with E-state index >= 15 is 0 Å². The number of hydrogen-bond acceptors (Lipinski definition) is 4. The molecule has 0 radical (unpaired) electrons. The Bertz CT molecular complexity index is 702. The number of hydrogen-bond donors (Lipinski definition) is 4. The third-order valence-electron chi connectivity index (χ3n) is 5.86. The van der Waals surface area contributed by atoms with E-state index in [1.807, 2.05) is 32.0 Å². The van der Waals surface area contributed by atoms with Crippen LogP contribution in [-0.4, -0.2) is 40.4 Å². The first-order valence-electron chi connectivity index (χ1n) is 11.1. The number of allylic oxidation sites excluding steroid dienone is 2. The molecule has 1 unspecified atom stereocenters. The third kappa shape index (κ3) is 7.38. The van der Waals surface area contributed by atoms with Crippen molar-refractivity contribution in [2.45, 2.75) is 76.7 Å². The molecule has 0 saturated carbocycles. The predicted molar refractivity (Wildman–Crippen MR) is 123 cm³/mol. The lowest BCUT2D eigenvalue weighted by Gasteiger charge is -2.33. The molecule has 0 saturated heterocycles. The topological polar surface area (TPSA) is 95.6 Å². The lowest BCUT2D eigenvalue weighted by Crippen LogP contribution is -2.53. The van der Waals surface area contributed by atoms with Crippen molar-refractivity contribution in [2.75, 3.05) is 0 Å². The van der Waals surface area contributed by atoms with Crippen molar-refractivity contribution in [3.05, 3.63) is 54.6 Å². The Kier molecular flexibility index (Phi) is 9.76. The number of nitrogens with one attached hydrogen (secondary N) is 1. The first-order chi connectivity index (χ1) is 14.3. The minimum absolute atomic E-state index is 0.250. The summed E-state index contributed by atoms with van der Waals surface area (Å²) in [7, 11) is 0. The van der Waals surface area contributed by atoms with Gasteiger partial charge < -0.3 is 21.3 Å². The molecule has 1 aliphatic rings. The van der Waals surface area contributed by atoms with Crippen LogP contribution < -0.4 is 11.1 Å². The van der Waals surface area contributed by atoms with Crippen molar-refractivity contribution in [2.24, 2.45) is 17.6 Å². The second-order valence-corrected chi connectivity index (χ2v) is 8.90. The highest BCUT2D eigenvalue weighted by Crippen LogP contribution is 2.33. The lowest BCUT2D eigenvalue weighted by atomic mass is 9.81. The molecule has 5 atom stereocenters. The highest BCUT2D eigenvalue weighted by molar-refractivity contribution is 5.82. The Balaban J connectivity index is 2.05. The summed E-state index contributed by atoms with van der Waals surface area (Å²) in [6.45, 7) is 7.63. The SMILES string of the molecule is C=CC[C@H](N)C(=O)N[C@@H](CC1CC=C(c2ccccc2)CC1)[C@@H](O)[C@@H](O)CC(C)C. The van der Waals surface area contributed by atoms with Gasteiger partial charge in [0, 0.05) is 0 Å². The van der Waals surface area contributed by atoms with Gasteiger partial charge in [0.1, 0.15) is 6.10 Å². The van der Waals surface area contributed by atoms with Gasteiger partial charge in [-0.05, 0) is 61.5 Å². The smallest absolute Gasteiger partial charge is 0.237 e. The quantitative estimate of drug-likeness (QED) is 0.417. The fraction of sp³-hybridized carbons (Fsp3) is 0.560. The van der Waals surface area contributed by atoms with Crippen LogP contribution in [0.3, 0.4) is 0 Å². The monoisotopic (exact) mass is 414 g/mol. The van der Waals surface area contributed by atoms with E-state index in [4.69, 9.17) is 5.73 Å². The van der Waals surface area contributed by atoms with Crippen molar-refractivity contribution in [3.63, 3.8) is 0 Å². The molecule has 0 spiro atoms. The molecule has 2 rings (SSSR count). The number of rotatable bonds is 11. The van der Waals surface area contributed by atoms with Gasteiger partial charge in [-0.2, -0.15) is 0 Å². The second kappa shape index (κ2) is 12.0. The van der Waals surface area contributed by atoms with Gasteiger partial charge >= 0.3 is 0 Å². The molecule has 5 nitrogen and oxygen atoms in total. The molecule has 0 heterocycles. The van der Waals surface area contributed by atoms with Crippen molar-refractivity contribution in [1.82, 2.24) is 5.32 Å². The number of amides is 1. The summed E-state index contributed by atoms with van der Waals surface area (Å²) in [5, 5.41) is 24.2. The lowest BCUT2D eigenvalue weighted by molar-refractivity contribution is -0.125. The number of nitrogens with two attached hydrogens (primary N) is 1. The molecule has 30 heavy (non-hydrogen) atoms. The summed E-state index contributed by atoms with van der Waals surface area (Å²) < 4.78 is 0. The summed E-state index contributed by atoms with van der Waals surface area (Å²) >= 11 is 0. The van der Waals surface area contributed by atoms with Crippen LogP contribution in [-0.2, 0) is 4.79 Å². The van der Waals surface area contributed by atoms with Crippen LogP contribution in [0.25, 0.3) is 5.57 Å². The van der Waals surface area contributed by atoms with Crippen molar-refractivity contribution in [3.8, 4) is 0 Å². The largest absolute Gasteiger partial charge is 0.390 e.